The van der Waals surface area contributed by atoms with Crippen molar-refractivity contribution < 1.29 is 18.0 Å². The number of fused-ring (bicyclic) bond motifs is 1. The lowest BCUT2D eigenvalue weighted by atomic mass is 9.86. The Labute approximate surface area is 196 Å². The number of halogens is 3. The molecule has 4 aromatic carbocycles. The number of nitrogens with one attached hydrogen (secondary N) is 2. The predicted octanol–water partition coefficient (Wildman–Crippen LogP) is 5.86. The van der Waals surface area contributed by atoms with Gasteiger partial charge in [-0.05, 0) is 56.1 Å². The number of benzene rings is 4. The van der Waals surface area contributed by atoms with Gasteiger partial charge in [0.15, 0.2) is 5.82 Å². The summed E-state index contributed by atoms with van der Waals surface area (Å²) in [5.41, 5.74) is 6.12. The Kier molecular flexibility index (Phi) is 5.40. The zero-order chi connectivity index (χ0) is 24.6. The van der Waals surface area contributed by atoms with Crippen molar-refractivity contribution in [3.05, 3.63) is 84.4 Å². The third-order valence-corrected chi connectivity index (χ3v) is 5.61. The van der Waals surface area contributed by atoms with E-state index in [0.29, 0.717) is 11.1 Å². The maximum atomic E-state index is 14.1. The number of rotatable bonds is 4. The standard InChI is InChI=1S/C25H17F3N6O/c26-25(27,28)19-8-4-3-7-18(19)21-17(16-10-9-14-5-1-2-6-15(14)13-16)11-12-20(30-24(29)35)22(21)23-31-33-34-32-23/h1-13H,(H3,29,30,35)(H,31,32,33,34). The van der Waals surface area contributed by atoms with Crippen molar-refractivity contribution in [3.8, 4) is 33.6 Å². The zero-order valence-corrected chi connectivity index (χ0v) is 18.0. The predicted molar refractivity (Wildman–Crippen MR) is 126 cm³/mol. The van der Waals surface area contributed by atoms with Crippen LogP contribution in [-0.4, -0.2) is 26.7 Å². The number of nitrogens with two attached hydrogens (primary N) is 1. The smallest absolute Gasteiger partial charge is 0.351 e. The Hall–Kier alpha value is -4.73. The second-order valence-electron chi connectivity index (χ2n) is 7.76. The molecule has 0 saturated carbocycles. The summed E-state index contributed by atoms with van der Waals surface area (Å²) in [5.74, 6) is 0.0726. The highest BCUT2D eigenvalue weighted by Crippen LogP contribution is 2.47. The summed E-state index contributed by atoms with van der Waals surface area (Å²) in [7, 11) is 0. The second kappa shape index (κ2) is 8.56. The first-order valence-electron chi connectivity index (χ1n) is 10.5. The van der Waals surface area contributed by atoms with Crippen LogP contribution in [0.25, 0.3) is 44.4 Å². The maximum Gasteiger partial charge on any atom is 0.417 e. The molecular formula is C25H17F3N6O. The van der Waals surface area contributed by atoms with Crippen LogP contribution in [0, 0.1) is 0 Å². The molecule has 10 heteroatoms. The van der Waals surface area contributed by atoms with Crippen molar-refractivity contribution >= 4 is 22.5 Å². The Bertz CT molecular complexity index is 1550. The molecule has 5 rings (SSSR count). The number of aromatic nitrogens is 4. The van der Waals surface area contributed by atoms with Crippen LogP contribution in [0.4, 0.5) is 23.7 Å². The molecule has 7 nitrogen and oxygen atoms in total. The normalized spacial score (nSPS) is 11.5. The first-order valence-corrected chi connectivity index (χ1v) is 10.5. The summed E-state index contributed by atoms with van der Waals surface area (Å²) in [5, 5.41) is 18.1. The molecule has 0 spiro atoms. The molecule has 1 heterocycles. The molecule has 0 aliphatic carbocycles. The van der Waals surface area contributed by atoms with E-state index in [9.17, 15) is 18.0 Å². The SMILES string of the molecule is NC(=O)Nc1ccc(-c2ccc3ccccc3c2)c(-c2ccccc2C(F)(F)F)c1-c1nnn[nH]1. The summed E-state index contributed by atoms with van der Waals surface area (Å²) in [4.78, 5) is 11.7. The molecule has 1 aromatic heterocycles. The van der Waals surface area contributed by atoms with Gasteiger partial charge in [-0.15, -0.1) is 5.10 Å². The molecule has 0 aliphatic heterocycles. The summed E-state index contributed by atoms with van der Waals surface area (Å²) < 4.78 is 42.4. The number of aromatic amines is 1. The van der Waals surface area contributed by atoms with Crippen molar-refractivity contribution in [3.63, 3.8) is 0 Å². The summed E-state index contributed by atoms with van der Waals surface area (Å²) in [6.45, 7) is 0. The van der Waals surface area contributed by atoms with E-state index in [1.807, 2.05) is 42.5 Å². The van der Waals surface area contributed by atoms with E-state index < -0.39 is 17.8 Å². The summed E-state index contributed by atoms with van der Waals surface area (Å²) in [6.07, 6.45) is -4.64. The molecule has 0 unspecified atom stereocenters. The number of urea groups is 1. The quantitative estimate of drug-likeness (QED) is 0.303. The van der Waals surface area contributed by atoms with Gasteiger partial charge in [-0.2, -0.15) is 13.2 Å². The number of tetrazole rings is 1. The lowest BCUT2D eigenvalue weighted by Gasteiger charge is -2.21. The summed E-state index contributed by atoms with van der Waals surface area (Å²) >= 11 is 0. The van der Waals surface area contributed by atoms with Crippen LogP contribution < -0.4 is 11.1 Å². The van der Waals surface area contributed by atoms with E-state index in [1.165, 1.54) is 18.2 Å². The fourth-order valence-corrected chi connectivity index (χ4v) is 4.18. The van der Waals surface area contributed by atoms with Gasteiger partial charge in [0.2, 0.25) is 0 Å². The molecule has 174 valence electrons. The number of anilines is 1. The third-order valence-electron chi connectivity index (χ3n) is 5.61. The van der Waals surface area contributed by atoms with Gasteiger partial charge in [0.25, 0.3) is 0 Å². The first kappa shape index (κ1) is 22.1. The van der Waals surface area contributed by atoms with E-state index in [2.05, 4.69) is 25.9 Å². The van der Waals surface area contributed by atoms with Crippen LogP contribution >= 0.6 is 0 Å². The highest BCUT2D eigenvalue weighted by atomic mass is 19.4. The number of alkyl halides is 3. The van der Waals surface area contributed by atoms with Gasteiger partial charge in [-0.1, -0.05) is 60.7 Å². The van der Waals surface area contributed by atoms with Gasteiger partial charge in [0, 0.05) is 5.56 Å². The number of carbonyl (C=O) groups is 1. The molecule has 0 bridgehead atoms. The number of hydrogen-bond donors (Lipinski definition) is 3. The van der Waals surface area contributed by atoms with Gasteiger partial charge in [0.1, 0.15) is 0 Å². The molecule has 0 aliphatic rings. The number of hydrogen-bond acceptors (Lipinski definition) is 4. The first-order chi connectivity index (χ1) is 16.8. The van der Waals surface area contributed by atoms with Crippen molar-refractivity contribution in [2.45, 2.75) is 6.18 Å². The highest BCUT2D eigenvalue weighted by molar-refractivity contribution is 6.04. The van der Waals surface area contributed by atoms with E-state index >= 15 is 0 Å². The van der Waals surface area contributed by atoms with E-state index in [4.69, 9.17) is 5.73 Å². The minimum atomic E-state index is -4.64. The molecule has 0 fully saturated rings. The number of H-pyrrole nitrogens is 1. The molecule has 0 saturated heterocycles. The van der Waals surface area contributed by atoms with Crippen LogP contribution in [0.3, 0.4) is 0 Å². The minimum absolute atomic E-state index is 0.0726. The Balaban J connectivity index is 1.90. The topological polar surface area (TPSA) is 110 Å². The van der Waals surface area contributed by atoms with E-state index in [-0.39, 0.29) is 28.2 Å². The summed E-state index contributed by atoms with van der Waals surface area (Å²) in [6, 6.07) is 20.9. The molecule has 35 heavy (non-hydrogen) atoms. The number of amides is 2. The van der Waals surface area contributed by atoms with Gasteiger partial charge in [-0.3, -0.25) is 0 Å². The van der Waals surface area contributed by atoms with Gasteiger partial charge in [0.05, 0.1) is 16.8 Å². The van der Waals surface area contributed by atoms with E-state index in [0.717, 1.165) is 16.8 Å². The molecular weight excluding hydrogens is 457 g/mol. The zero-order valence-electron chi connectivity index (χ0n) is 18.0. The lowest BCUT2D eigenvalue weighted by Crippen LogP contribution is -2.20. The van der Waals surface area contributed by atoms with Crippen molar-refractivity contribution in [2.75, 3.05) is 5.32 Å². The average molecular weight is 474 g/mol. The van der Waals surface area contributed by atoms with Crippen LogP contribution in [0.5, 0.6) is 0 Å². The Morgan fingerprint density at radius 2 is 1.60 bits per heavy atom. The Morgan fingerprint density at radius 3 is 2.31 bits per heavy atom. The van der Waals surface area contributed by atoms with Crippen LogP contribution in [0.2, 0.25) is 0 Å². The van der Waals surface area contributed by atoms with Gasteiger partial charge >= 0.3 is 12.2 Å². The number of carbonyl (C=O) groups excluding carboxylic acids is 1. The third kappa shape index (κ3) is 4.17. The largest absolute Gasteiger partial charge is 0.417 e. The van der Waals surface area contributed by atoms with Crippen LogP contribution in [0.15, 0.2) is 78.9 Å². The highest BCUT2D eigenvalue weighted by Gasteiger charge is 2.35. The molecule has 0 radical (unpaired) electrons. The van der Waals surface area contributed by atoms with Gasteiger partial charge < -0.3 is 11.1 Å². The van der Waals surface area contributed by atoms with Crippen LogP contribution in [0.1, 0.15) is 5.56 Å². The maximum absolute atomic E-state index is 14.1. The number of nitrogens with zero attached hydrogens (tertiary/aromatic N) is 3. The van der Waals surface area contributed by atoms with Gasteiger partial charge in [-0.25, -0.2) is 9.89 Å². The minimum Gasteiger partial charge on any atom is -0.351 e. The molecule has 5 aromatic rings. The fraction of sp³-hybridized carbons (Fsp3) is 0.0400. The number of primary amides is 1. The Morgan fingerprint density at radius 1 is 0.857 bits per heavy atom. The lowest BCUT2D eigenvalue weighted by molar-refractivity contribution is -0.137. The average Bonchev–Trinajstić information content (AvgIpc) is 3.37. The van der Waals surface area contributed by atoms with Crippen molar-refractivity contribution in [1.82, 2.24) is 20.6 Å². The fourth-order valence-electron chi connectivity index (χ4n) is 4.18. The van der Waals surface area contributed by atoms with Crippen LogP contribution in [-0.2, 0) is 6.18 Å². The van der Waals surface area contributed by atoms with Crippen molar-refractivity contribution in [2.24, 2.45) is 5.73 Å². The molecule has 2 amide bonds. The monoisotopic (exact) mass is 474 g/mol. The van der Waals surface area contributed by atoms with E-state index in [1.54, 1.807) is 12.1 Å². The molecule has 4 N–H and O–H groups in total. The second-order valence-corrected chi connectivity index (χ2v) is 7.76. The van der Waals surface area contributed by atoms with Crippen molar-refractivity contribution in [1.29, 1.82) is 0 Å². The molecule has 0 atom stereocenters.